The Balaban J connectivity index is 0.00000154. The molecule has 0 spiro atoms. The van der Waals surface area contributed by atoms with Crippen LogP contribution in [0, 0.1) is 119 Å². The third-order valence-electron chi connectivity index (χ3n) is 24.9. The second-order valence-corrected chi connectivity index (χ2v) is 44.4. The van der Waals surface area contributed by atoms with Crippen molar-refractivity contribution in [3.05, 3.63) is 304 Å². The van der Waals surface area contributed by atoms with Gasteiger partial charge in [0.2, 0.25) is 0 Å². The summed E-state index contributed by atoms with van der Waals surface area (Å²) < 4.78 is 49.3. The number of pyridine rings is 2. The van der Waals surface area contributed by atoms with Crippen LogP contribution in [-0.4, -0.2) is 39.8 Å². The van der Waals surface area contributed by atoms with Gasteiger partial charge in [-0.05, 0) is 284 Å². The van der Waals surface area contributed by atoms with Crippen molar-refractivity contribution in [2.75, 3.05) is 19.8 Å². The van der Waals surface area contributed by atoms with Gasteiger partial charge in [0.25, 0.3) is 0 Å². The molecule has 2 fully saturated rings. The van der Waals surface area contributed by atoms with Crippen molar-refractivity contribution >= 4 is 10.9 Å². The van der Waals surface area contributed by atoms with Crippen molar-refractivity contribution in [1.29, 1.82) is 10.5 Å². The Labute approximate surface area is 882 Å². The zero-order valence-corrected chi connectivity index (χ0v) is 96.9. The first-order valence-electron chi connectivity index (χ1n) is 56.1. The first kappa shape index (κ1) is 135. The number of para-hydroxylation sites is 1. The van der Waals surface area contributed by atoms with Crippen molar-refractivity contribution in [2.45, 2.75) is 418 Å². The molecule has 11 heteroatoms. The number of unbranched alkanes of at least 4 members (excludes halogenated alkanes) is 3. The molecule has 3 aromatic heterocycles. The van der Waals surface area contributed by atoms with E-state index in [0.29, 0.717) is 47.5 Å². The van der Waals surface area contributed by atoms with Crippen molar-refractivity contribution in [2.24, 2.45) is 65.1 Å². The number of rotatable bonds is 34. The highest BCUT2D eigenvalue weighted by atomic mass is 19.1. The molecule has 2 aliphatic rings. The van der Waals surface area contributed by atoms with Crippen LogP contribution in [0.25, 0.3) is 10.9 Å². The van der Waals surface area contributed by atoms with Crippen LogP contribution in [0.3, 0.4) is 0 Å². The van der Waals surface area contributed by atoms with Crippen LogP contribution in [0.15, 0.2) is 219 Å². The summed E-state index contributed by atoms with van der Waals surface area (Å²) in [6.45, 7) is 70.8. The molecule has 1 unspecified atom stereocenters. The van der Waals surface area contributed by atoms with E-state index in [1.807, 2.05) is 99.9 Å². The largest absolute Gasteiger partial charge is 0.494 e. The maximum absolute atomic E-state index is 13.0. The zero-order chi connectivity index (χ0) is 108. The highest BCUT2D eigenvalue weighted by Crippen LogP contribution is 2.32. The number of nitriles is 2. The summed E-state index contributed by atoms with van der Waals surface area (Å²) in [6, 6.07) is 65.8. The Morgan fingerprint density at radius 1 is 0.389 bits per heavy atom. The number of aromatic nitrogens is 4. The minimum absolute atomic E-state index is 0.155. The van der Waals surface area contributed by atoms with Crippen LogP contribution in [0.2, 0.25) is 0 Å². The van der Waals surface area contributed by atoms with Crippen LogP contribution in [0.5, 0.6) is 5.75 Å². The summed E-state index contributed by atoms with van der Waals surface area (Å²) in [7, 11) is 0. The van der Waals surface area contributed by atoms with Crippen molar-refractivity contribution in [3.8, 4) is 17.9 Å². The molecule has 2 saturated carbocycles. The van der Waals surface area contributed by atoms with E-state index in [1.54, 1.807) is 24.5 Å². The summed E-state index contributed by atoms with van der Waals surface area (Å²) in [5.74, 6) is 12.6. The lowest BCUT2D eigenvalue weighted by Gasteiger charge is -2.22. The van der Waals surface area contributed by atoms with Crippen molar-refractivity contribution < 1.29 is 22.6 Å². The number of benzene rings is 7. The SMILES string of the molecule is CC(C)CC1CCCCC1.CC(C)CCC1CCCCC1.CC(C)CCCCOc1ccc(C#N)cc1.CC(C)Cc1c(F)cccc1F.CC(C)Cc1ccc(F)cc1.CC(C)Cc1ccccc1.CC(C)c1ccccc1.CC(C)c1ccncc1.CC(C)c1ncccn1.CCCCC(CC)CC(C)C.CCCCOCCC(C)C.Cc1cc(C(C)C)c2ccccc2n1.Cc1cc(C(C)C)ccc1C#N. The molecule has 0 radical (unpaired) electrons. The molecule has 0 bridgehead atoms. The van der Waals surface area contributed by atoms with Gasteiger partial charge in [-0.15, -0.1) is 0 Å². The van der Waals surface area contributed by atoms with Crippen LogP contribution in [0.1, 0.15) is 452 Å². The standard InChI is InChI=1S/C14H19NO.C13H15N.C11H13N.C11H22.C11H24.C10H12F2.C10H13F.C10H20.C10H14.C9H20O.C9H12.C8H11N.C7H10N2/c1-12(2)5-3-4-10-16-14-8-6-13(11-15)7-9-14;1-9(2)12-8-10(3)14-13-7-5-4-6-11(12)13;1-8(2)10-4-5-11(7-12)9(3)6-10;1-10(2)8-9-11-6-4-3-5-7-11;1-5-7-8-11(6-2)9-10(3)4;1-7(2)6-8-9(11)4-3-5-10(8)12;1-8(2)7-9-3-5-10(11)6-4-9;2*1-9(2)8-10-6-4-3-5-7-10;1-4-5-7-10-8-6-9(2)3;1-8(2)9-6-4-3-5-7-9;1-7(2)8-3-5-9-6-4-8;1-6(2)7-8-4-3-5-9-7/h6-9,12H,3-5,10H2,1-2H3;4-9H,1-3H3;4-6,8H,1-3H3;10-11H,3-9H2,1-2H3;10-11H,5-9H2,1-4H3;3-5,7H,6H2,1-2H3;3-6,8H,7H2,1-2H3;9-10H,3-8H2,1-2H3;3-7,9H,8H2,1-2H3;9H,4-8H2,1-3H3;3-8H,1-2H3;3-7H,1-2H3;3-6H,1-2H3. The predicted molar refractivity (Wildman–Crippen MR) is 620 cm³/mol. The van der Waals surface area contributed by atoms with Gasteiger partial charge in [0.15, 0.2) is 0 Å². The molecule has 2 aliphatic carbocycles. The van der Waals surface area contributed by atoms with E-state index in [4.69, 9.17) is 20.0 Å². The van der Waals surface area contributed by atoms with E-state index in [0.717, 1.165) is 120 Å². The zero-order valence-electron chi connectivity index (χ0n) is 96.9. The van der Waals surface area contributed by atoms with E-state index < -0.39 is 11.6 Å². The fourth-order valence-corrected chi connectivity index (χ4v) is 16.4. The summed E-state index contributed by atoms with van der Waals surface area (Å²) >= 11 is 0. The first-order chi connectivity index (χ1) is 68.6. The predicted octanol–water partition coefficient (Wildman–Crippen LogP) is 40.8. The van der Waals surface area contributed by atoms with Gasteiger partial charge in [-0.25, -0.2) is 23.1 Å². The summed E-state index contributed by atoms with van der Waals surface area (Å²) in [5.41, 5.74) is 13.0. The summed E-state index contributed by atoms with van der Waals surface area (Å²) in [4.78, 5) is 16.6. The smallest absolute Gasteiger partial charge is 0.130 e. The Bertz CT molecular complexity index is 4610. The van der Waals surface area contributed by atoms with Crippen molar-refractivity contribution in [1.82, 2.24) is 19.9 Å². The quantitative estimate of drug-likeness (QED) is 0.0366. The van der Waals surface area contributed by atoms with Crippen molar-refractivity contribution in [3.63, 3.8) is 0 Å². The van der Waals surface area contributed by atoms with Gasteiger partial charge in [-0.1, -0.05) is 426 Å². The third kappa shape index (κ3) is 72.1. The minimum Gasteiger partial charge on any atom is -0.494 e. The van der Waals surface area contributed by atoms with Gasteiger partial charge in [0.05, 0.1) is 35.4 Å². The molecule has 1 atom stereocenters. The molecular formula is C133H205F3N6O2. The highest BCUT2D eigenvalue weighted by Gasteiger charge is 2.17. The molecule has 144 heavy (non-hydrogen) atoms. The normalized spacial score (nSPS) is 12.3. The van der Waals surface area contributed by atoms with Gasteiger partial charge in [-0.2, -0.15) is 10.5 Å². The average molecular weight is 1980 g/mol. The van der Waals surface area contributed by atoms with E-state index in [1.165, 1.54) is 223 Å². The Kier molecular flexibility index (Phi) is 79.3. The fraction of sp³-hybridized carbons (Fsp3) is 0.579. The summed E-state index contributed by atoms with van der Waals surface area (Å²) in [6.07, 6.45) is 43.6. The summed E-state index contributed by atoms with van der Waals surface area (Å²) in [5, 5.41) is 18.6. The van der Waals surface area contributed by atoms with Gasteiger partial charge in [0.1, 0.15) is 29.0 Å². The molecule has 3 heterocycles. The third-order valence-corrected chi connectivity index (χ3v) is 24.9. The number of aryl methyl sites for hydroxylation is 2. The second kappa shape index (κ2) is 84.7. The number of halogens is 3. The van der Waals surface area contributed by atoms with E-state index >= 15 is 0 Å². The fourth-order valence-electron chi connectivity index (χ4n) is 16.4. The molecule has 0 amide bonds. The topological polar surface area (TPSA) is 118 Å². The van der Waals surface area contributed by atoms with Crippen LogP contribution >= 0.6 is 0 Å². The molecule has 0 saturated heterocycles. The molecule has 800 valence electrons. The van der Waals surface area contributed by atoms with E-state index in [9.17, 15) is 13.2 Å². The number of fused-ring (bicyclic) bond motifs is 1. The maximum Gasteiger partial charge on any atom is 0.130 e. The number of ether oxygens (including phenoxy) is 2. The van der Waals surface area contributed by atoms with Gasteiger partial charge in [-0.3, -0.25) is 9.97 Å². The molecule has 8 nitrogen and oxygen atoms in total. The minimum atomic E-state index is -0.441. The molecule has 7 aromatic carbocycles. The highest BCUT2D eigenvalue weighted by molar-refractivity contribution is 5.82. The van der Waals surface area contributed by atoms with Crippen LogP contribution < -0.4 is 4.74 Å². The van der Waals surface area contributed by atoms with E-state index in [-0.39, 0.29) is 17.3 Å². The number of nitrogens with zero attached hydrogens (tertiary/aromatic N) is 6. The Morgan fingerprint density at radius 2 is 0.896 bits per heavy atom. The molecule has 12 rings (SSSR count). The van der Waals surface area contributed by atoms with Crippen LogP contribution in [0.4, 0.5) is 13.2 Å². The lowest BCUT2D eigenvalue weighted by Crippen LogP contribution is -2.08. The van der Waals surface area contributed by atoms with Crippen LogP contribution in [-0.2, 0) is 24.0 Å². The Hall–Kier alpha value is -9.29. The van der Waals surface area contributed by atoms with Gasteiger partial charge >= 0.3 is 0 Å². The molecular weight excluding hydrogens is 1770 g/mol. The molecule has 0 N–H and O–H groups in total. The molecule has 10 aromatic rings. The number of hydrogen-bond acceptors (Lipinski definition) is 8. The molecule has 0 aliphatic heterocycles. The monoisotopic (exact) mass is 1980 g/mol. The first-order valence-corrected chi connectivity index (χ1v) is 56.1. The second-order valence-electron chi connectivity index (χ2n) is 44.4. The number of hydrogen-bond donors (Lipinski definition) is 0. The average Bonchev–Trinajstić information content (AvgIpc) is 0.797. The Morgan fingerprint density at radius 3 is 1.34 bits per heavy atom. The van der Waals surface area contributed by atoms with Gasteiger partial charge in [0, 0.05) is 60.6 Å². The lowest BCUT2D eigenvalue weighted by atomic mass is 9.84. The van der Waals surface area contributed by atoms with E-state index in [2.05, 4.69) is 311 Å². The lowest BCUT2D eigenvalue weighted by molar-refractivity contribution is 0.121. The maximum atomic E-state index is 13.0. The van der Waals surface area contributed by atoms with Gasteiger partial charge < -0.3 is 9.47 Å².